The van der Waals surface area contributed by atoms with Gasteiger partial charge in [0.1, 0.15) is 11.3 Å². The maximum atomic E-state index is 12.1. The van der Waals surface area contributed by atoms with Gasteiger partial charge in [-0.05, 0) is 31.7 Å². The van der Waals surface area contributed by atoms with Crippen LogP contribution in [0.3, 0.4) is 0 Å². The lowest BCUT2D eigenvalue weighted by Gasteiger charge is -2.26. The van der Waals surface area contributed by atoms with E-state index >= 15 is 0 Å². The number of nitrogens with two attached hydrogens (primary N) is 1. The molecule has 158 valence electrons. The second-order valence-corrected chi connectivity index (χ2v) is 7.79. The molecule has 1 saturated heterocycles. The summed E-state index contributed by atoms with van der Waals surface area (Å²) < 4.78 is 13.2. The molecule has 29 heavy (non-hydrogen) atoms. The fourth-order valence-electron chi connectivity index (χ4n) is 3.67. The molecule has 9 nitrogen and oxygen atoms in total. The number of nitrogen functional groups attached to an aromatic ring is 1. The number of morpholine rings is 1. The van der Waals surface area contributed by atoms with Crippen LogP contribution in [0, 0.1) is 12.8 Å². The molecule has 0 unspecified atom stereocenters. The second-order valence-electron chi connectivity index (χ2n) is 7.79. The van der Waals surface area contributed by atoms with Crippen molar-refractivity contribution in [3.63, 3.8) is 0 Å². The summed E-state index contributed by atoms with van der Waals surface area (Å²) in [6.07, 6.45) is 3.52. The molecule has 9 heteroatoms. The monoisotopic (exact) mass is 402 g/mol. The molecule has 2 fully saturated rings. The van der Waals surface area contributed by atoms with Gasteiger partial charge in [0.15, 0.2) is 5.82 Å². The minimum absolute atomic E-state index is 0.0531. The summed E-state index contributed by atoms with van der Waals surface area (Å²) in [5.74, 6) is 2.28. The third-order valence-electron chi connectivity index (χ3n) is 5.42. The maximum absolute atomic E-state index is 12.1. The van der Waals surface area contributed by atoms with Crippen LogP contribution in [0.4, 0.5) is 10.6 Å². The van der Waals surface area contributed by atoms with Crippen LogP contribution in [0.5, 0.6) is 0 Å². The van der Waals surface area contributed by atoms with Crippen molar-refractivity contribution in [1.29, 1.82) is 0 Å². The van der Waals surface area contributed by atoms with Crippen molar-refractivity contribution < 1.29 is 14.3 Å². The number of pyridine rings is 1. The van der Waals surface area contributed by atoms with Gasteiger partial charge in [-0.2, -0.15) is 0 Å². The number of aromatic nitrogens is 3. The number of anilines is 1. The Morgan fingerprint density at radius 1 is 1.31 bits per heavy atom. The lowest BCUT2D eigenvalue weighted by Crippen LogP contribution is -2.46. The first-order valence-corrected chi connectivity index (χ1v) is 10.4. The van der Waals surface area contributed by atoms with E-state index in [1.807, 2.05) is 13.0 Å². The third-order valence-corrected chi connectivity index (χ3v) is 5.42. The number of rotatable bonds is 8. The number of amides is 2. The highest BCUT2D eigenvalue weighted by Crippen LogP contribution is 2.33. The van der Waals surface area contributed by atoms with E-state index in [1.165, 1.54) is 12.8 Å². The van der Waals surface area contributed by atoms with Gasteiger partial charge in [-0.15, -0.1) is 0 Å². The van der Waals surface area contributed by atoms with Crippen molar-refractivity contribution in [1.82, 2.24) is 24.8 Å². The lowest BCUT2D eigenvalue weighted by molar-refractivity contribution is 0.0523. The normalized spacial score (nSPS) is 17.1. The number of urea groups is 1. The molecule has 4 rings (SSSR count). The Bertz CT molecular complexity index is 858. The van der Waals surface area contributed by atoms with Crippen LogP contribution >= 0.6 is 0 Å². The van der Waals surface area contributed by atoms with Crippen molar-refractivity contribution in [3.8, 4) is 0 Å². The molecule has 0 bridgehead atoms. The van der Waals surface area contributed by atoms with E-state index in [4.69, 9.17) is 20.2 Å². The Balaban J connectivity index is 1.29. The largest absolute Gasteiger partial charge is 0.382 e. The first kappa shape index (κ1) is 19.9. The number of hydrogen-bond donors (Lipinski definition) is 2. The highest BCUT2D eigenvalue weighted by atomic mass is 16.5. The number of ether oxygens (including phenoxy) is 2. The number of nitrogens with one attached hydrogen (secondary N) is 1. The molecule has 1 saturated carbocycles. The predicted octanol–water partition coefficient (Wildman–Crippen LogP) is 1.33. The van der Waals surface area contributed by atoms with Gasteiger partial charge in [0.2, 0.25) is 0 Å². The Labute approximate surface area is 170 Å². The molecule has 0 spiro atoms. The van der Waals surface area contributed by atoms with Crippen LogP contribution < -0.4 is 11.1 Å². The van der Waals surface area contributed by atoms with Crippen LogP contribution in [0.2, 0.25) is 0 Å². The predicted molar refractivity (Wildman–Crippen MR) is 110 cm³/mol. The fourth-order valence-corrected chi connectivity index (χ4v) is 3.67. The van der Waals surface area contributed by atoms with Gasteiger partial charge in [-0.3, -0.25) is 0 Å². The van der Waals surface area contributed by atoms with Crippen molar-refractivity contribution in [2.24, 2.45) is 5.92 Å². The van der Waals surface area contributed by atoms with Crippen molar-refractivity contribution in [2.45, 2.75) is 32.7 Å². The molecular weight excluding hydrogens is 372 g/mol. The first-order valence-electron chi connectivity index (χ1n) is 10.4. The molecule has 2 aromatic heterocycles. The topological polar surface area (TPSA) is 108 Å². The van der Waals surface area contributed by atoms with Crippen LogP contribution in [0.15, 0.2) is 6.07 Å². The molecule has 1 aliphatic heterocycles. The standard InChI is InChI=1S/C20H30N6O3/c1-14-12-16-18(19(21)23-14)24-17(13-15-2-3-15)26(16)7-11-28-8-4-22-20(27)25-5-9-29-10-6-25/h12,15H,2-11,13H2,1H3,(H2,21,23)(H,22,27). The Morgan fingerprint density at radius 2 is 2.10 bits per heavy atom. The van der Waals surface area contributed by atoms with E-state index in [0.29, 0.717) is 58.4 Å². The molecule has 0 aromatic carbocycles. The van der Waals surface area contributed by atoms with E-state index in [2.05, 4.69) is 14.9 Å². The molecule has 1 aliphatic carbocycles. The lowest BCUT2D eigenvalue weighted by atomic mass is 10.3. The summed E-state index contributed by atoms with van der Waals surface area (Å²) in [6, 6.07) is 1.99. The van der Waals surface area contributed by atoms with Crippen molar-refractivity contribution >= 4 is 22.9 Å². The van der Waals surface area contributed by atoms with Crippen molar-refractivity contribution in [3.05, 3.63) is 17.6 Å². The van der Waals surface area contributed by atoms with Gasteiger partial charge in [0.25, 0.3) is 0 Å². The summed E-state index contributed by atoms with van der Waals surface area (Å²) in [5, 5.41) is 2.90. The number of nitrogens with zero attached hydrogens (tertiary/aromatic N) is 4. The minimum atomic E-state index is -0.0531. The first-order chi connectivity index (χ1) is 14.1. The van der Waals surface area contributed by atoms with Gasteiger partial charge in [-0.25, -0.2) is 14.8 Å². The molecule has 2 amide bonds. The smallest absolute Gasteiger partial charge is 0.317 e. The summed E-state index contributed by atoms with van der Waals surface area (Å²) >= 11 is 0. The van der Waals surface area contributed by atoms with E-state index < -0.39 is 0 Å². The van der Waals surface area contributed by atoms with E-state index in [1.54, 1.807) is 4.90 Å². The van der Waals surface area contributed by atoms with Gasteiger partial charge in [-0.1, -0.05) is 0 Å². The number of imidazole rings is 1. The average Bonchev–Trinajstić information content (AvgIpc) is 3.47. The zero-order valence-corrected chi connectivity index (χ0v) is 17.0. The number of carbonyl (C=O) groups excluding carboxylic acids is 1. The summed E-state index contributed by atoms with van der Waals surface area (Å²) in [4.78, 5) is 22.9. The van der Waals surface area contributed by atoms with Crippen LogP contribution in [-0.2, 0) is 22.4 Å². The SMILES string of the molecule is Cc1cc2c(nc(CC3CC3)n2CCOCCNC(=O)N2CCOCC2)c(N)n1. The number of fused-ring (bicyclic) bond motifs is 1. The summed E-state index contributed by atoms with van der Waals surface area (Å²) in [6.45, 7) is 6.66. The summed E-state index contributed by atoms with van der Waals surface area (Å²) in [7, 11) is 0. The maximum Gasteiger partial charge on any atom is 0.317 e. The minimum Gasteiger partial charge on any atom is -0.382 e. The third kappa shape index (κ3) is 4.97. The van der Waals surface area contributed by atoms with Gasteiger partial charge in [0, 0.05) is 38.3 Å². The molecule has 0 atom stereocenters. The molecule has 3 N–H and O–H groups in total. The van der Waals surface area contributed by atoms with Crippen LogP contribution in [0.25, 0.3) is 11.0 Å². The quantitative estimate of drug-likeness (QED) is 0.645. The number of aryl methyl sites for hydroxylation is 1. The Hall–Kier alpha value is -2.39. The average molecular weight is 402 g/mol. The number of carbonyl (C=O) groups is 1. The van der Waals surface area contributed by atoms with Gasteiger partial charge >= 0.3 is 6.03 Å². The molecule has 2 aromatic rings. The van der Waals surface area contributed by atoms with E-state index in [0.717, 1.165) is 34.9 Å². The van der Waals surface area contributed by atoms with Crippen LogP contribution in [0.1, 0.15) is 24.4 Å². The fraction of sp³-hybridized carbons (Fsp3) is 0.650. The zero-order chi connectivity index (χ0) is 20.2. The molecule has 2 aliphatic rings. The second kappa shape index (κ2) is 8.96. The van der Waals surface area contributed by atoms with E-state index in [-0.39, 0.29) is 6.03 Å². The highest BCUT2D eigenvalue weighted by molar-refractivity contribution is 5.85. The molecular formula is C20H30N6O3. The van der Waals surface area contributed by atoms with Crippen molar-refractivity contribution in [2.75, 3.05) is 51.8 Å². The van der Waals surface area contributed by atoms with E-state index in [9.17, 15) is 4.79 Å². The van der Waals surface area contributed by atoms with Gasteiger partial charge in [0.05, 0.1) is 31.9 Å². The van der Waals surface area contributed by atoms with Gasteiger partial charge < -0.3 is 30.0 Å². The Kier molecular flexibility index (Phi) is 6.15. The van der Waals surface area contributed by atoms with Crippen LogP contribution in [-0.4, -0.2) is 71.5 Å². The zero-order valence-electron chi connectivity index (χ0n) is 17.0. The Morgan fingerprint density at radius 3 is 2.86 bits per heavy atom. The molecule has 0 radical (unpaired) electrons. The highest BCUT2D eigenvalue weighted by Gasteiger charge is 2.25. The number of hydrogen-bond acceptors (Lipinski definition) is 6. The molecule has 3 heterocycles. The summed E-state index contributed by atoms with van der Waals surface area (Å²) in [5.41, 5.74) is 8.79.